The molecule has 32 heavy (non-hydrogen) atoms. The zero-order valence-electron chi connectivity index (χ0n) is 16.9. The van der Waals surface area contributed by atoms with E-state index in [0.29, 0.717) is 23.5 Å². The van der Waals surface area contributed by atoms with Crippen LogP contribution in [0.1, 0.15) is 22.3 Å². The van der Waals surface area contributed by atoms with Crippen molar-refractivity contribution in [1.29, 1.82) is 0 Å². The average Bonchev–Trinajstić information content (AvgIpc) is 3.13. The minimum atomic E-state index is -0.586. The van der Waals surface area contributed by atoms with Crippen molar-refractivity contribution >= 4 is 39.6 Å². The molecular formula is C24H17BrN2O5. The molecule has 0 aliphatic carbocycles. The van der Waals surface area contributed by atoms with E-state index in [1.54, 1.807) is 19.1 Å². The Hall–Kier alpha value is -3.78. The van der Waals surface area contributed by atoms with Crippen molar-refractivity contribution in [2.75, 3.05) is 0 Å². The summed E-state index contributed by atoms with van der Waals surface area (Å²) in [4.78, 5) is 27.1. The molecule has 1 heterocycles. The number of esters is 1. The van der Waals surface area contributed by atoms with Crippen molar-refractivity contribution in [3.05, 3.63) is 109 Å². The van der Waals surface area contributed by atoms with Crippen molar-refractivity contribution in [1.82, 2.24) is 0 Å². The summed E-state index contributed by atoms with van der Waals surface area (Å²) in [7, 11) is 0. The summed E-state index contributed by atoms with van der Waals surface area (Å²) in [6.07, 6.45) is 1.61. The summed E-state index contributed by atoms with van der Waals surface area (Å²) in [5.41, 5.74) is 2.85. The zero-order valence-corrected chi connectivity index (χ0v) is 18.5. The summed E-state index contributed by atoms with van der Waals surface area (Å²) in [5.74, 6) is 0.183. The maximum Gasteiger partial charge on any atom is 0.363 e. The molecule has 3 aromatic rings. The lowest BCUT2D eigenvalue weighted by Crippen LogP contribution is -2.06. The second kappa shape index (κ2) is 9.15. The van der Waals surface area contributed by atoms with Crippen molar-refractivity contribution in [2.45, 2.75) is 13.5 Å². The van der Waals surface area contributed by atoms with Gasteiger partial charge in [0, 0.05) is 21.7 Å². The standard InChI is InChI=1S/C24H17BrN2O5/c1-15-11-18(7-10-22(15)27(29)30)23-26-21(24(28)32-23)13-17-3-2-4-20(12-17)31-14-16-5-8-19(25)9-6-16/h2-13H,14H2,1H3/b21-13-. The molecule has 0 atom stereocenters. The molecule has 4 rings (SSSR count). The van der Waals surface area contributed by atoms with Crippen molar-refractivity contribution in [3.63, 3.8) is 0 Å². The van der Waals surface area contributed by atoms with E-state index in [9.17, 15) is 14.9 Å². The van der Waals surface area contributed by atoms with Gasteiger partial charge in [0.15, 0.2) is 5.70 Å². The van der Waals surface area contributed by atoms with Gasteiger partial charge in [-0.1, -0.05) is 40.2 Å². The molecule has 0 saturated heterocycles. The van der Waals surface area contributed by atoms with Gasteiger partial charge in [0.2, 0.25) is 5.90 Å². The number of ether oxygens (including phenoxy) is 2. The number of aliphatic imine (C=N–C) groups is 1. The maximum atomic E-state index is 12.3. The number of cyclic esters (lactones) is 1. The third-order valence-electron chi connectivity index (χ3n) is 4.74. The van der Waals surface area contributed by atoms with Gasteiger partial charge in [0.05, 0.1) is 4.92 Å². The first-order chi connectivity index (χ1) is 15.4. The Morgan fingerprint density at radius 2 is 1.91 bits per heavy atom. The van der Waals surface area contributed by atoms with Gasteiger partial charge in [-0.05, 0) is 60.5 Å². The van der Waals surface area contributed by atoms with Crippen LogP contribution in [0.3, 0.4) is 0 Å². The lowest BCUT2D eigenvalue weighted by atomic mass is 10.1. The van der Waals surface area contributed by atoms with E-state index >= 15 is 0 Å². The summed E-state index contributed by atoms with van der Waals surface area (Å²) >= 11 is 3.41. The minimum absolute atomic E-state index is 0.00519. The Morgan fingerprint density at radius 1 is 1.12 bits per heavy atom. The predicted octanol–water partition coefficient (Wildman–Crippen LogP) is 5.59. The molecule has 0 amide bonds. The van der Waals surface area contributed by atoms with Crippen molar-refractivity contribution in [3.8, 4) is 5.75 Å². The highest BCUT2D eigenvalue weighted by Crippen LogP contribution is 2.25. The summed E-state index contributed by atoms with van der Waals surface area (Å²) in [6.45, 7) is 2.03. The predicted molar refractivity (Wildman–Crippen MR) is 123 cm³/mol. The molecule has 0 bridgehead atoms. The molecule has 3 aromatic carbocycles. The third-order valence-corrected chi connectivity index (χ3v) is 5.27. The monoisotopic (exact) mass is 492 g/mol. The fourth-order valence-electron chi connectivity index (χ4n) is 3.13. The smallest absolute Gasteiger partial charge is 0.363 e. The molecule has 0 radical (unpaired) electrons. The largest absolute Gasteiger partial charge is 0.489 e. The van der Waals surface area contributed by atoms with Crippen LogP contribution < -0.4 is 4.74 Å². The van der Waals surface area contributed by atoms with Crippen LogP contribution in [0.4, 0.5) is 5.69 Å². The van der Waals surface area contributed by atoms with Crippen LogP contribution in [0.15, 0.2) is 81.9 Å². The number of nitrogens with zero attached hydrogens (tertiary/aromatic N) is 2. The molecule has 160 valence electrons. The van der Waals surface area contributed by atoms with E-state index < -0.39 is 10.9 Å². The van der Waals surface area contributed by atoms with Gasteiger partial charge in [-0.2, -0.15) is 0 Å². The number of hydrogen-bond acceptors (Lipinski definition) is 6. The fraction of sp³-hybridized carbons (Fsp3) is 0.0833. The fourth-order valence-corrected chi connectivity index (χ4v) is 3.39. The number of carbonyl (C=O) groups is 1. The number of nitro groups is 1. The van der Waals surface area contributed by atoms with Crippen molar-refractivity contribution in [2.24, 2.45) is 4.99 Å². The summed E-state index contributed by atoms with van der Waals surface area (Å²) in [5, 5.41) is 11.0. The first kappa shape index (κ1) is 21.5. The van der Waals surface area contributed by atoms with Crippen LogP contribution in [0.25, 0.3) is 6.08 Å². The van der Waals surface area contributed by atoms with Gasteiger partial charge in [-0.15, -0.1) is 0 Å². The van der Waals surface area contributed by atoms with E-state index in [4.69, 9.17) is 9.47 Å². The quantitative estimate of drug-likeness (QED) is 0.193. The third kappa shape index (κ3) is 4.92. The van der Waals surface area contributed by atoms with Crippen LogP contribution in [0, 0.1) is 17.0 Å². The van der Waals surface area contributed by atoms with Crippen molar-refractivity contribution < 1.29 is 19.2 Å². The normalized spacial score (nSPS) is 14.2. The number of benzene rings is 3. The van der Waals surface area contributed by atoms with Crippen LogP contribution in [-0.4, -0.2) is 16.8 Å². The number of nitro benzene ring substituents is 1. The van der Waals surface area contributed by atoms with Gasteiger partial charge >= 0.3 is 5.97 Å². The highest BCUT2D eigenvalue weighted by molar-refractivity contribution is 9.10. The summed E-state index contributed by atoms with van der Waals surface area (Å²) in [6, 6.07) is 19.6. The van der Waals surface area contributed by atoms with Crippen LogP contribution in [-0.2, 0) is 16.1 Å². The highest BCUT2D eigenvalue weighted by Gasteiger charge is 2.25. The minimum Gasteiger partial charge on any atom is -0.489 e. The molecule has 0 unspecified atom stereocenters. The van der Waals surface area contributed by atoms with E-state index in [2.05, 4.69) is 20.9 Å². The summed E-state index contributed by atoms with van der Waals surface area (Å²) < 4.78 is 12.1. The molecular weight excluding hydrogens is 476 g/mol. The first-order valence-electron chi connectivity index (χ1n) is 9.64. The SMILES string of the molecule is Cc1cc(C2=N/C(=C\c3cccc(OCc4ccc(Br)cc4)c3)C(=O)O2)ccc1[N+](=O)[O-]. The van der Waals surface area contributed by atoms with E-state index in [1.165, 1.54) is 12.1 Å². The molecule has 1 aliphatic heterocycles. The second-order valence-corrected chi connectivity index (χ2v) is 8.00. The second-order valence-electron chi connectivity index (χ2n) is 7.08. The van der Waals surface area contributed by atoms with Crippen LogP contribution >= 0.6 is 15.9 Å². The first-order valence-corrected chi connectivity index (χ1v) is 10.4. The number of halogens is 1. The number of carbonyl (C=O) groups excluding carboxylic acids is 1. The van der Waals surface area contributed by atoms with Gasteiger partial charge in [0.1, 0.15) is 12.4 Å². The molecule has 8 heteroatoms. The lowest BCUT2D eigenvalue weighted by molar-refractivity contribution is -0.385. The van der Waals surface area contributed by atoms with Crippen LogP contribution in [0.2, 0.25) is 0 Å². The lowest BCUT2D eigenvalue weighted by Gasteiger charge is -2.07. The Bertz CT molecular complexity index is 1270. The maximum absolute atomic E-state index is 12.3. The Balaban J connectivity index is 1.52. The zero-order chi connectivity index (χ0) is 22.7. The van der Waals surface area contributed by atoms with Gasteiger partial charge in [-0.3, -0.25) is 10.1 Å². The van der Waals surface area contributed by atoms with Gasteiger partial charge in [0.25, 0.3) is 5.69 Å². The highest BCUT2D eigenvalue weighted by atomic mass is 79.9. The van der Waals surface area contributed by atoms with E-state index in [0.717, 1.165) is 15.6 Å². The molecule has 0 saturated carbocycles. The molecule has 1 aliphatic rings. The molecule has 0 aromatic heterocycles. The van der Waals surface area contributed by atoms with E-state index in [-0.39, 0.29) is 17.3 Å². The molecule has 0 fully saturated rings. The number of aryl methyl sites for hydroxylation is 1. The Kier molecular flexibility index (Phi) is 6.13. The Morgan fingerprint density at radius 3 is 2.62 bits per heavy atom. The average molecular weight is 493 g/mol. The number of hydrogen-bond donors (Lipinski definition) is 0. The van der Waals surface area contributed by atoms with Gasteiger partial charge < -0.3 is 9.47 Å². The molecule has 7 nitrogen and oxygen atoms in total. The molecule has 0 N–H and O–H groups in total. The van der Waals surface area contributed by atoms with Crippen LogP contribution in [0.5, 0.6) is 5.75 Å². The van der Waals surface area contributed by atoms with Gasteiger partial charge in [-0.25, -0.2) is 9.79 Å². The molecule has 0 spiro atoms. The Labute approximate surface area is 192 Å². The topological polar surface area (TPSA) is 91.0 Å². The number of rotatable bonds is 6. The van der Waals surface area contributed by atoms with E-state index in [1.807, 2.05) is 48.5 Å².